The van der Waals surface area contributed by atoms with E-state index in [1.165, 1.54) is 0 Å². The highest BCUT2D eigenvalue weighted by Gasteiger charge is 2.15. The third-order valence-electron chi connectivity index (χ3n) is 3.94. The van der Waals surface area contributed by atoms with Crippen LogP contribution in [0.3, 0.4) is 0 Å². The van der Waals surface area contributed by atoms with Crippen LogP contribution in [0.5, 0.6) is 0 Å². The van der Waals surface area contributed by atoms with Crippen LogP contribution < -0.4 is 5.32 Å². The largest absolute Gasteiger partial charge is 0.379 e. The standard InChI is InChI=1S/C17H26FNO2/c1-13-6-7-15(11-17(13)18)14(2)19-8-4-9-20-12-16-5-3-10-21-16/h6-7,11,14,16,19H,3-5,8-10,12H2,1-2H3. The lowest BCUT2D eigenvalue weighted by molar-refractivity contribution is 0.0165. The van der Waals surface area contributed by atoms with E-state index in [0.717, 1.165) is 44.6 Å². The van der Waals surface area contributed by atoms with Gasteiger partial charge in [0.25, 0.3) is 0 Å². The van der Waals surface area contributed by atoms with Crippen molar-refractivity contribution in [1.29, 1.82) is 0 Å². The van der Waals surface area contributed by atoms with Gasteiger partial charge >= 0.3 is 0 Å². The number of halogens is 1. The minimum atomic E-state index is -0.138. The van der Waals surface area contributed by atoms with Gasteiger partial charge in [0, 0.05) is 19.3 Å². The van der Waals surface area contributed by atoms with E-state index in [9.17, 15) is 4.39 Å². The summed E-state index contributed by atoms with van der Waals surface area (Å²) in [4.78, 5) is 0. The zero-order valence-corrected chi connectivity index (χ0v) is 13.0. The second-order valence-corrected chi connectivity index (χ2v) is 5.75. The van der Waals surface area contributed by atoms with Gasteiger partial charge in [-0.05, 0) is 56.8 Å². The fraction of sp³-hybridized carbons (Fsp3) is 0.647. The Morgan fingerprint density at radius 1 is 1.48 bits per heavy atom. The Morgan fingerprint density at radius 2 is 2.33 bits per heavy atom. The summed E-state index contributed by atoms with van der Waals surface area (Å²) in [6, 6.07) is 5.57. The molecule has 1 fully saturated rings. The van der Waals surface area contributed by atoms with Gasteiger partial charge in [0.2, 0.25) is 0 Å². The molecule has 1 saturated heterocycles. The van der Waals surface area contributed by atoms with Gasteiger partial charge in [-0.3, -0.25) is 0 Å². The first-order valence-electron chi connectivity index (χ1n) is 7.85. The molecule has 21 heavy (non-hydrogen) atoms. The molecule has 2 atom stereocenters. The number of benzene rings is 1. The molecule has 0 aromatic heterocycles. The Kier molecular flexibility index (Phi) is 6.61. The fourth-order valence-corrected chi connectivity index (χ4v) is 2.48. The normalized spacial score (nSPS) is 19.9. The number of nitrogens with one attached hydrogen (secondary N) is 1. The van der Waals surface area contributed by atoms with Crippen LogP contribution in [0.1, 0.15) is 43.4 Å². The lowest BCUT2D eigenvalue weighted by Gasteiger charge is -2.15. The van der Waals surface area contributed by atoms with Crippen molar-refractivity contribution in [1.82, 2.24) is 5.32 Å². The molecule has 1 aliphatic heterocycles. The third kappa shape index (κ3) is 5.38. The molecule has 1 aromatic rings. The minimum absolute atomic E-state index is 0.138. The maximum Gasteiger partial charge on any atom is 0.126 e. The molecule has 2 rings (SSSR count). The molecule has 0 bridgehead atoms. The Morgan fingerprint density at radius 3 is 3.05 bits per heavy atom. The van der Waals surface area contributed by atoms with E-state index in [2.05, 4.69) is 12.2 Å². The molecule has 1 aromatic carbocycles. The molecule has 118 valence electrons. The zero-order chi connectivity index (χ0) is 15.1. The van der Waals surface area contributed by atoms with Crippen LogP contribution in [-0.4, -0.2) is 32.5 Å². The van der Waals surface area contributed by atoms with Gasteiger partial charge in [0.15, 0.2) is 0 Å². The Labute approximate surface area is 126 Å². The second kappa shape index (κ2) is 8.47. The number of hydrogen-bond acceptors (Lipinski definition) is 3. The number of rotatable bonds is 8. The molecule has 0 aliphatic carbocycles. The van der Waals surface area contributed by atoms with Crippen molar-refractivity contribution in [3.8, 4) is 0 Å². The van der Waals surface area contributed by atoms with Crippen LogP contribution in [0.4, 0.5) is 4.39 Å². The van der Waals surface area contributed by atoms with Crippen LogP contribution in [0.25, 0.3) is 0 Å². The van der Waals surface area contributed by atoms with Crippen molar-refractivity contribution in [2.75, 3.05) is 26.4 Å². The summed E-state index contributed by atoms with van der Waals surface area (Å²) in [5.74, 6) is -0.138. The maximum absolute atomic E-state index is 13.5. The molecule has 3 nitrogen and oxygen atoms in total. The molecule has 1 heterocycles. The molecular weight excluding hydrogens is 269 g/mol. The van der Waals surface area contributed by atoms with E-state index >= 15 is 0 Å². The van der Waals surface area contributed by atoms with Crippen molar-refractivity contribution < 1.29 is 13.9 Å². The third-order valence-corrected chi connectivity index (χ3v) is 3.94. The highest BCUT2D eigenvalue weighted by molar-refractivity contribution is 5.25. The van der Waals surface area contributed by atoms with E-state index in [1.807, 2.05) is 12.1 Å². The van der Waals surface area contributed by atoms with Crippen molar-refractivity contribution in [2.24, 2.45) is 0 Å². The molecule has 0 amide bonds. The number of ether oxygens (including phenoxy) is 2. The van der Waals surface area contributed by atoms with E-state index in [1.54, 1.807) is 13.0 Å². The second-order valence-electron chi connectivity index (χ2n) is 5.75. The van der Waals surface area contributed by atoms with E-state index in [-0.39, 0.29) is 11.9 Å². The highest BCUT2D eigenvalue weighted by atomic mass is 19.1. The summed E-state index contributed by atoms with van der Waals surface area (Å²) in [5.41, 5.74) is 1.67. The summed E-state index contributed by atoms with van der Waals surface area (Å²) < 4.78 is 24.6. The van der Waals surface area contributed by atoms with Crippen LogP contribution in [0, 0.1) is 12.7 Å². The highest BCUT2D eigenvalue weighted by Crippen LogP contribution is 2.16. The van der Waals surface area contributed by atoms with Crippen molar-refractivity contribution in [3.05, 3.63) is 35.1 Å². The lowest BCUT2D eigenvalue weighted by Crippen LogP contribution is -2.22. The molecule has 0 radical (unpaired) electrons. The van der Waals surface area contributed by atoms with Crippen LogP contribution >= 0.6 is 0 Å². The SMILES string of the molecule is Cc1ccc(C(C)NCCCOCC2CCCO2)cc1F. The average Bonchev–Trinajstić information content (AvgIpc) is 2.98. The number of hydrogen-bond donors (Lipinski definition) is 1. The Balaban J connectivity index is 1.58. The molecule has 1 aliphatic rings. The summed E-state index contributed by atoms with van der Waals surface area (Å²) in [7, 11) is 0. The van der Waals surface area contributed by atoms with Crippen LogP contribution in [-0.2, 0) is 9.47 Å². The van der Waals surface area contributed by atoms with E-state index < -0.39 is 0 Å². The quantitative estimate of drug-likeness (QED) is 0.746. The predicted molar refractivity (Wildman–Crippen MR) is 82.0 cm³/mol. The monoisotopic (exact) mass is 295 g/mol. The Bertz CT molecular complexity index is 433. The van der Waals surface area contributed by atoms with Gasteiger partial charge in [-0.25, -0.2) is 4.39 Å². The lowest BCUT2D eigenvalue weighted by atomic mass is 10.1. The fourth-order valence-electron chi connectivity index (χ4n) is 2.48. The topological polar surface area (TPSA) is 30.5 Å². The first kappa shape index (κ1) is 16.4. The predicted octanol–water partition coefficient (Wildman–Crippen LogP) is 3.37. The van der Waals surface area contributed by atoms with Gasteiger partial charge in [0.05, 0.1) is 12.7 Å². The molecule has 0 spiro atoms. The van der Waals surface area contributed by atoms with Crippen molar-refractivity contribution in [2.45, 2.75) is 45.3 Å². The van der Waals surface area contributed by atoms with Crippen molar-refractivity contribution in [3.63, 3.8) is 0 Å². The Hall–Kier alpha value is -0.970. The van der Waals surface area contributed by atoms with Gasteiger partial charge in [-0.15, -0.1) is 0 Å². The smallest absolute Gasteiger partial charge is 0.126 e. The average molecular weight is 295 g/mol. The molecular formula is C17H26FNO2. The summed E-state index contributed by atoms with van der Waals surface area (Å²) in [6.45, 7) is 7.02. The van der Waals surface area contributed by atoms with Gasteiger partial charge in [-0.2, -0.15) is 0 Å². The summed E-state index contributed by atoms with van der Waals surface area (Å²) in [6.07, 6.45) is 3.52. The molecule has 0 saturated carbocycles. The molecule has 2 unspecified atom stereocenters. The van der Waals surface area contributed by atoms with E-state index in [0.29, 0.717) is 18.3 Å². The summed E-state index contributed by atoms with van der Waals surface area (Å²) in [5, 5.41) is 3.40. The van der Waals surface area contributed by atoms with Crippen LogP contribution in [0.2, 0.25) is 0 Å². The van der Waals surface area contributed by atoms with E-state index in [4.69, 9.17) is 9.47 Å². The zero-order valence-electron chi connectivity index (χ0n) is 13.0. The maximum atomic E-state index is 13.5. The first-order valence-corrected chi connectivity index (χ1v) is 7.85. The minimum Gasteiger partial charge on any atom is -0.379 e. The summed E-state index contributed by atoms with van der Waals surface area (Å²) >= 11 is 0. The van der Waals surface area contributed by atoms with Crippen LogP contribution in [0.15, 0.2) is 18.2 Å². The number of aryl methyl sites for hydroxylation is 1. The molecule has 4 heteroatoms. The van der Waals surface area contributed by atoms with Crippen molar-refractivity contribution >= 4 is 0 Å². The van der Waals surface area contributed by atoms with Gasteiger partial charge in [0.1, 0.15) is 5.82 Å². The van der Waals surface area contributed by atoms with Gasteiger partial charge in [-0.1, -0.05) is 12.1 Å². The molecule has 1 N–H and O–H groups in total. The van der Waals surface area contributed by atoms with Gasteiger partial charge < -0.3 is 14.8 Å². The first-order chi connectivity index (χ1) is 10.2.